The molecular formula is C29H37FN6O3. The average molecular weight is 537 g/mol. The van der Waals surface area contributed by atoms with Crippen molar-refractivity contribution in [2.75, 3.05) is 37.6 Å². The molecule has 4 heterocycles. The maximum absolute atomic E-state index is 15.5. The van der Waals surface area contributed by atoms with Crippen LogP contribution in [-0.2, 0) is 9.63 Å². The summed E-state index contributed by atoms with van der Waals surface area (Å²) in [6.07, 6.45) is 4.28. The summed E-state index contributed by atoms with van der Waals surface area (Å²) in [5.41, 5.74) is 3.25. The molecule has 3 aromatic rings. The number of piperazine rings is 1. The maximum Gasteiger partial charge on any atom is 0.241 e. The summed E-state index contributed by atoms with van der Waals surface area (Å²) in [5.74, 6) is 0.318. The zero-order valence-electron chi connectivity index (χ0n) is 23.1. The summed E-state index contributed by atoms with van der Waals surface area (Å²) in [7, 11) is 0. The zero-order chi connectivity index (χ0) is 27.3. The van der Waals surface area contributed by atoms with E-state index >= 15 is 4.39 Å². The summed E-state index contributed by atoms with van der Waals surface area (Å²) >= 11 is 0. The lowest BCUT2D eigenvalue weighted by molar-refractivity contribution is -0.230. The van der Waals surface area contributed by atoms with Gasteiger partial charge in [0.1, 0.15) is 17.4 Å². The lowest BCUT2D eigenvalue weighted by atomic mass is 10.0. The van der Waals surface area contributed by atoms with Gasteiger partial charge in [0.25, 0.3) is 0 Å². The topological polar surface area (TPSA) is 84.8 Å². The molecule has 1 amide bonds. The van der Waals surface area contributed by atoms with Crippen molar-refractivity contribution in [2.45, 2.75) is 64.7 Å². The minimum atomic E-state index is -0.283. The molecule has 0 radical (unpaired) electrons. The highest BCUT2D eigenvalue weighted by molar-refractivity contribution is 5.85. The first-order chi connectivity index (χ1) is 18.6. The normalized spacial score (nSPS) is 21.4. The number of imidazole rings is 1. The summed E-state index contributed by atoms with van der Waals surface area (Å²) in [4.78, 5) is 29.3. The first-order valence-corrected chi connectivity index (χ1v) is 13.9. The molecular weight excluding hydrogens is 499 g/mol. The highest BCUT2D eigenvalue weighted by Gasteiger charge is 2.31. The Bertz CT molecular complexity index is 1370. The van der Waals surface area contributed by atoms with Crippen LogP contribution in [0.5, 0.6) is 5.88 Å². The van der Waals surface area contributed by atoms with Crippen LogP contribution in [0.2, 0.25) is 0 Å². The molecule has 0 spiro atoms. The van der Waals surface area contributed by atoms with Gasteiger partial charge in [-0.1, -0.05) is 6.07 Å². The highest BCUT2D eigenvalue weighted by atomic mass is 19.1. The van der Waals surface area contributed by atoms with Crippen molar-refractivity contribution < 1.29 is 18.8 Å². The molecule has 1 aromatic carbocycles. The van der Waals surface area contributed by atoms with Crippen LogP contribution in [0.3, 0.4) is 0 Å². The first-order valence-electron chi connectivity index (χ1n) is 13.9. The van der Waals surface area contributed by atoms with E-state index in [9.17, 15) is 4.79 Å². The Balaban J connectivity index is 1.26. The second kappa shape index (κ2) is 10.1. The van der Waals surface area contributed by atoms with E-state index in [1.165, 1.54) is 0 Å². The fourth-order valence-electron chi connectivity index (χ4n) is 5.45. The van der Waals surface area contributed by atoms with Crippen molar-refractivity contribution in [1.29, 1.82) is 0 Å². The number of fused-ring (bicyclic) bond motifs is 1. The number of anilines is 1. The first kappa shape index (κ1) is 26.0. The van der Waals surface area contributed by atoms with Crippen molar-refractivity contribution in [3.05, 3.63) is 36.4 Å². The largest absolute Gasteiger partial charge is 0.473 e. The SMILES string of the molecule is C[C@@H](Oc1nc(-c2ccc(N3CCN(OC(C)(C)C)CC3)c(F)c2)cc2ncn(C3CC3)c12)[C@H]1CNC(=O)C1. The number of nitrogens with zero attached hydrogens (tertiary/aromatic N) is 5. The minimum Gasteiger partial charge on any atom is -0.473 e. The molecule has 9 nitrogen and oxygen atoms in total. The van der Waals surface area contributed by atoms with Gasteiger partial charge in [-0.2, -0.15) is 5.06 Å². The third-order valence-corrected chi connectivity index (χ3v) is 7.66. The molecule has 3 fully saturated rings. The Morgan fingerprint density at radius 3 is 2.54 bits per heavy atom. The molecule has 0 unspecified atom stereocenters. The van der Waals surface area contributed by atoms with E-state index in [-0.39, 0.29) is 29.3 Å². The number of aromatic nitrogens is 3. The maximum atomic E-state index is 15.5. The minimum absolute atomic E-state index is 0.0454. The number of ether oxygens (including phenoxy) is 1. The van der Waals surface area contributed by atoms with E-state index in [0.29, 0.717) is 68.0 Å². The van der Waals surface area contributed by atoms with Crippen LogP contribution >= 0.6 is 0 Å². The fraction of sp³-hybridized carbons (Fsp3) is 0.552. The van der Waals surface area contributed by atoms with Crippen LogP contribution in [0.15, 0.2) is 30.6 Å². The third kappa shape index (κ3) is 5.58. The molecule has 2 atom stereocenters. The molecule has 2 aliphatic heterocycles. The predicted octanol–water partition coefficient (Wildman–Crippen LogP) is 4.33. The van der Waals surface area contributed by atoms with Crippen molar-refractivity contribution in [1.82, 2.24) is 24.9 Å². The van der Waals surface area contributed by atoms with Gasteiger partial charge >= 0.3 is 0 Å². The second-order valence-corrected chi connectivity index (χ2v) is 11.9. The number of pyridine rings is 1. The molecule has 0 bridgehead atoms. The average Bonchev–Trinajstić information content (AvgIpc) is 3.48. The Kier molecular flexibility index (Phi) is 6.71. The number of amides is 1. The van der Waals surface area contributed by atoms with Gasteiger partial charge in [0.2, 0.25) is 11.8 Å². The van der Waals surface area contributed by atoms with E-state index in [4.69, 9.17) is 14.6 Å². The summed E-state index contributed by atoms with van der Waals surface area (Å²) in [6.45, 7) is 11.4. The number of rotatable bonds is 7. The molecule has 1 aliphatic carbocycles. The van der Waals surface area contributed by atoms with Crippen LogP contribution in [0.25, 0.3) is 22.3 Å². The number of hydrogen-bond donors (Lipinski definition) is 1. The zero-order valence-corrected chi connectivity index (χ0v) is 23.1. The van der Waals surface area contributed by atoms with Crippen LogP contribution in [0.4, 0.5) is 10.1 Å². The Hall–Kier alpha value is -3.24. The monoisotopic (exact) mass is 536 g/mol. The molecule has 10 heteroatoms. The number of carbonyl (C=O) groups excluding carboxylic acids is 1. The standard InChI is InChI=1S/C29H37FN6O3/c1-18(20-14-26(37)31-16-20)38-28-27-24(32-17-36(27)21-6-7-21)15-23(33-28)19-5-8-25(22(30)13-19)34-9-11-35(12-10-34)39-29(2,3)4/h5,8,13,15,17-18,20-21H,6-7,9-12,14,16H2,1-4H3,(H,31,37)/t18-,20-/m1/s1. The van der Waals surface area contributed by atoms with Crippen LogP contribution < -0.4 is 15.0 Å². The van der Waals surface area contributed by atoms with Gasteiger partial charge in [-0.15, -0.1) is 0 Å². The van der Waals surface area contributed by atoms with Crippen LogP contribution in [-0.4, -0.2) is 69.9 Å². The molecule has 1 N–H and O–H groups in total. The van der Waals surface area contributed by atoms with E-state index < -0.39 is 0 Å². The van der Waals surface area contributed by atoms with Crippen molar-refractivity contribution in [2.24, 2.45) is 5.92 Å². The summed E-state index contributed by atoms with van der Waals surface area (Å²) in [5, 5.41) is 4.84. The molecule has 1 saturated carbocycles. The molecule has 208 valence electrons. The number of benzene rings is 1. The Labute approximate surface area is 228 Å². The van der Waals surface area contributed by atoms with E-state index in [0.717, 1.165) is 23.9 Å². The van der Waals surface area contributed by atoms with Gasteiger partial charge in [-0.05, 0) is 58.7 Å². The van der Waals surface area contributed by atoms with Gasteiger partial charge in [0.15, 0.2) is 0 Å². The lowest BCUT2D eigenvalue weighted by Gasteiger charge is -2.38. The molecule has 3 aliphatic rings. The summed E-state index contributed by atoms with van der Waals surface area (Å²) in [6, 6.07) is 7.60. The summed E-state index contributed by atoms with van der Waals surface area (Å²) < 4.78 is 24.0. The van der Waals surface area contributed by atoms with E-state index in [1.807, 2.05) is 57.3 Å². The second-order valence-electron chi connectivity index (χ2n) is 11.9. The Morgan fingerprint density at radius 2 is 1.90 bits per heavy atom. The third-order valence-electron chi connectivity index (χ3n) is 7.66. The van der Waals surface area contributed by atoms with E-state index in [1.54, 1.807) is 6.07 Å². The number of halogens is 1. The number of hydroxylamine groups is 2. The van der Waals surface area contributed by atoms with Gasteiger partial charge in [-0.25, -0.2) is 14.4 Å². The van der Waals surface area contributed by atoms with E-state index in [2.05, 4.69) is 19.8 Å². The van der Waals surface area contributed by atoms with Gasteiger partial charge in [0, 0.05) is 56.7 Å². The highest BCUT2D eigenvalue weighted by Crippen LogP contribution is 2.40. The Morgan fingerprint density at radius 1 is 1.13 bits per heavy atom. The van der Waals surface area contributed by atoms with Gasteiger partial charge in [0.05, 0.1) is 28.8 Å². The van der Waals surface area contributed by atoms with Crippen molar-refractivity contribution in [3.8, 4) is 17.1 Å². The molecule has 2 saturated heterocycles. The lowest BCUT2D eigenvalue weighted by Crippen LogP contribution is -2.48. The van der Waals surface area contributed by atoms with Gasteiger partial charge < -0.3 is 19.5 Å². The van der Waals surface area contributed by atoms with Crippen LogP contribution in [0.1, 0.15) is 53.0 Å². The number of carbonyl (C=O) groups is 1. The van der Waals surface area contributed by atoms with Crippen LogP contribution in [0, 0.1) is 11.7 Å². The smallest absolute Gasteiger partial charge is 0.241 e. The fourth-order valence-corrected chi connectivity index (χ4v) is 5.45. The molecule has 39 heavy (non-hydrogen) atoms. The van der Waals surface area contributed by atoms with Gasteiger partial charge in [-0.3, -0.25) is 9.63 Å². The molecule has 6 rings (SSSR count). The van der Waals surface area contributed by atoms with Crippen molar-refractivity contribution >= 4 is 22.6 Å². The van der Waals surface area contributed by atoms with Crippen molar-refractivity contribution in [3.63, 3.8) is 0 Å². The quantitative estimate of drug-likeness (QED) is 0.481. The number of nitrogens with one attached hydrogen (secondary N) is 1. The predicted molar refractivity (Wildman–Crippen MR) is 147 cm³/mol. The number of hydrogen-bond acceptors (Lipinski definition) is 7. The molecule has 2 aromatic heterocycles.